The molecule has 7 nitrogen and oxygen atoms in total. The molecule has 8 heteroatoms. The monoisotopic (exact) mass is 367 g/mol. The summed E-state index contributed by atoms with van der Waals surface area (Å²) in [6, 6.07) is 6.05. The molecule has 1 N–H and O–H groups in total. The predicted molar refractivity (Wildman–Crippen MR) is 94.7 cm³/mol. The van der Waals surface area contributed by atoms with Gasteiger partial charge in [-0.15, -0.1) is 0 Å². The topological polar surface area (TPSA) is 86.8 Å². The second kappa shape index (κ2) is 8.44. The molecule has 0 saturated carbocycles. The number of piperazine rings is 1. The quantitative estimate of drug-likeness (QED) is 0.781. The van der Waals surface area contributed by atoms with Crippen LogP contribution in [-0.4, -0.2) is 62.2 Å². The third-order valence-corrected chi connectivity index (χ3v) is 6.01. The molecule has 0 bridgehead atoms. The van der Waals surface area contributed by atoms with Gasteiger partial charge in [0.2, 0.25) is 15.9 Å². The van der Waals surface area contributed by atoms with Gasteiger partial charge in [-0.25, -0.2) is 8.42 Å². The zero-order chi connectivity index (χ0) is 18.4. The van der Waals surface area contributed by atoms with E-state index in [1.807, 2.05) is 6.92 Å². The van der Waals surface area contributed by atoms with Gasteiger partial charge in [0.1, 0.15) is 0 Å². The van der Waals surface area contributed by atoms with Crippen LogP contribution >= 0.6 is 0 Å². The molecule has 1 aromatic rings. The normalized spacial score (nSPS) is 15.7. The predicted octanol–water partition coefficient (Wildman–Crippen LogP) is 1.07. The fourth-order valence-electron chi connectivity index (χ4n) is 2.69. The number of carbonyl (C=O) groups excluding carboxylic acids is 2. The van der Waals surface area contributed by atoms with E-state index in [9.17, 15) is 18.0 Å². The first-order valence-corrected chi connectivity index (χ1v) is 10.00. The summed E-state index contributed by atoms with van der Waals surface area (Å²) in [7, 11) is -3.80. The van der Waals surface area contributed by atoms with Crippen LogP contribution in [0.25, 0.3) is 0 Å². The van der Waals surface area contributed by atoms with Crippen LogP contribution < -0.4 is 5.32 Å². The van der Waals surface area contributed by atoms with Gasteiger partial charge in [0.25, 0.3) is 5.91 Å². The van der Waals surface area contributed by atoms with Gasteiger partial charge in [0.05, 0.1) is 11.4 Å². The lowest BCUT2D eigenvalue weighted by atomic mass is 10.2. The molecule has 1 aliphatic heterocycles. The maximum absolute atomic E-state index is 12.7. The highest BCUT2D eigenvalue weighted by Gasteiger charge is 2.29. The Morgan fingerprint density at radius 2 is 2.08 bits per heavy atom. The second-order valence-electron chi connectivity index (χ2n) is 5.95. The number of rotatable bonds is 7. The van der Waals surface area contributed by atoms with Gasteiger partial charge in [-0.1, -0.05) is 19.4 Å². The molecule has 0 aromatic heterocycles. The Labute approximate surface area is 149 Å². The van der Waals surface area contributed by atoms with Gasteiger partial charge in [-0.2, -0.15) is 4.31 Å². The highest BCUT2D eigenvalue weighted by molar-refractivity contribution is 7.89. The van der Waals surface area contributed by atoms with Gasteiger partial charge >= 0.3 is 0 Å². The Morgan fingerprint density at radius 3 is 2.72 bits per heavy atom. The Balaban J connectivity index is 2.25. The van der Waals surface area contributed by atoms with Crippen molar-refractivity contribution in [2.24, 2.45) is 0 Å². The van der Waals surface area contributed by atoms with Gasteiger partial charge in [-0.3, -0.25) is 9.59 Å². The van der Waals surface area contributed by atoms with Crippen LogP contribution in [0.1, 0.15) is 37.0 Å². The van der Waals surface area contributed by atoms with E-state index < -0.39 is 10.0 Å². The van der Waals surface area contributed by atoms with Crippen molar-refractivity contribution in [3.05, 3.63) is 29.8 Å². The Kier molecular flexibility index (Phi) is 6.55. The third kappa shape index (κ3) is 4.58. The van der Waals surface area contributed by atoms with Crippen molar-refractivity contribution in [1.29, 1.82) is 0 Å². The molecule has 138 valence electrons. The van der Waals surface area contributed by atoms with Crippen LogP contribution in [0.4, 0.5) is 0 Å². The van der Waals surface area contributed by atoms with E-state index in [0.29, 0.717) is 18.7 Å². The average molecular weight is 367 g/mol. The van der Waals surface area contributed by atoms with E-state index in [0.717, 1.165) is 17.1 Å². The first-order chi connectivity index (χ1) is 11.9. The molecule has 0 atom stereocenters. The van der Waals surface area contributed by atoms with E-state index in [2.05, 4.69) is 12.2 Å². The molecule has 0 unspecified atom stereocenters. The first-order valence-electron chi connectivity index (χ1n) is 8.56. The van der Waals surface area contributed by atoms with Crippen LogP contribution in [0.2, 0.25) is 0 Å². The van der Waals surface area contributed by atoms with E-state index in [1.165, 1.54) is 12.1 Å². The van der Waals surface area contributed by atoms with E-state index in [-0.39, 0.29) is 36.3 Å². The molecule has 1 aromatic carbocycles. The number of carbonyl (C=O) groups is 2. The minimum Gasteiger partial charge on any atom is -0.354 e. The number of hydrogen-bond acceptors (Lipinski definition) is 4. The van der Waals surface area contributed by atoms with E-state index in [1.54, 1.807) is 17.0 Å². The minimum absolute atomic E-state index is 0.0413. The van der Waals surface area contributed by atoms with E-state index in [4.69, 9.17) is 0 Å². The molecule has 1 fully saturated rings. The molecule has 2 amide bonds. The SMILES string of the molecule is CCCCN(CC)C(=O)c1cccc(S(=O)(=O)N2CCNC(=O)C2)c1. The molecule has 0 spiro atoms. The Bertz CT molecular complexity index is 733. The summed E-state index contributed by atoms with van der Waals surface area (Å²) in [4.78, 5) is 25.9. The zero-order valence-corrected chi connectivity index (χ0v) is 15.5. The molecule has 0 radical (unpaired) electrons. The molecule has 25 heavy (non-hydrogen) atoms. The molecule has 0 aliphatic carbocycles. The molecule has 2 rings (SSSR count). The number of sulfonamides is 1. The Hall–Kier alpha value is -1.93. The van der Waals surface area contributed by atoms with Crippen LogP contribution in [0.3, 0.4) is 0 Å². The highest BCUT2D eigenvalue weighted by Crippen LogP contribution is 2.19. The van der Waals surface area contributed by atoms with Crippen LogP contribution in [0.5, 0.6) is 0 Å². The van der Waals surface area contributed by atoms with Crippen LogP contribution in [-0.2, 0) is 14.8 Å². The highest BCUT2D eigenvalue weighted by atomic mass is 32.2. The number of hydrogen-bond donors (Lipinski definition) is 1. The minimum atomic E-state index is -3.80. The van der Waals surface area contributed by atoms with Gasteiger partial charge in [0.15, 0.2) is 0 Å². The number of nitrogens with one attached hydrogen (secondary N) is 1. The Morgan fingerprint density at radius 1 is 1.32 bits per heavy atom. The van der Waals surface area contributed by atoms with Crippen molar-refractivity contribution in [2.45, 2.75) is 31.6 Å². The van der Waals surface area contributed by atoms with Gasteiger partial charge < -0.3 is 10.2 Å². The van der Waals surface area contributed by atoms with Crippen molar-refractivity contribution in [3.63, 3.8) is 0 Å². The molecule has 1 heterocycles. The van der Waals surface area contributed by atoms with Crippen molar-refractivity contribution < 1.29 is 18.0 Å². The summed E-state index contributed by atoms with van der Waals surface area (Å²) in [5, 5.41) is 2.60. The maximum Gasteiger partial charge on any atom is 0.253 e. The summed E-state index contributed by atoms with van der Waals surface area (Å²) in [5.41, 5.74) is 0.348. The number of benzene rings is 1. The summed E-state index contributed by atoms with van der Waals surface area (Å²) in [6.07, 6.45) is 1.88. The summed E-state index contributed by atoms with van der Waals surface area (Å²) in [6.45, 7) is 5.50. The van der Waals surface area contributed by atoms with Crippen LogP contribution in [0, 0.1) is 0 Å². The van der Waals surface area contributed by atoms with Crippen molar-refractivity contribution in [1.82, 2.24) is 14.5 Å². The van der Waals surface area contributed by atoms with Crippen molar-refractivity contribution in [3.8, 4) is 0 Å². The first kappa shape index (κ1) is 19.4. The second-order valence-corrected chi connectivity index (χ2v) is 7.89. The maximum atomic E-state index is 12.7. The van der Waals surface area contributed by atoms with Crippen molar-refractivity contribution in [2.75, 3.05) is 32.7 Å². The zero-order valence-electron chi connectivity index (χ0n) is 14.7. The summed E-state index contributed by atoms with van der Waals surface area (Å²) in [5.74, 6) is -0.497. The van der Waals surface area contributed by atoms with Gasteiger partial charge in [0, 0.05) is 31.7 Å². The summed E-state index contributed by atoms with van der Waals surface area (Å²) < 4.78 is 26.6. The number of nitrogens with zero attached hydrogens (tertiary/aromatic N) is 2. The smallest absolute Gasteiger partial charge is 0.253 e. The fourth-order valence-corrected chi connectivity index (χ4v) is 4.14. The molecule has 1 saturated heterocycles. The van der Waals surface area contributed by atoms with Crippen molar-refractivity contribution >= 4 is 21.8 Å². The van der Waals surface area contributed by atoms with Gasteiger partial charge in [-0.05, 0) is 31.5 Å². The number of amides is 2. The average Bonchev–Trinajstić information content (AvgIpc) is 2.62. The largest absolute Gasteiger partial charge is 0.354 e. The lowest BCUT2D eigenvalue weighted by Gasteiger charge is -2.26. The fraction of sp³-hybridized carbons (Fsp3) is 0.529. The summed E-state index contributed by atoms with van der Waals surface area (Å²) >= 11 is 0. The van der Waals surface area contributed by atoms with Crippen LogP contribution in [0.15, 0.2) is 29.2 Å². The lowest BCUT2D eigenvalue weighted by Crippen LogP contribution is -2.49. The molecular formula is C17H25N3O4S. The third-order valence-electron chi connectivity index (χ3n) is 4.17. The standard InChI is InChI=1S/C17H25N3O4S/c1-3-5-10-19(4-2)17(22)14-7-6-8-15(12-14)25(23,24)20-11-9-18-16(21)13-20/h6-8,12H,3-5,9-11,13H2,1-2H3,(H,18,21). The van der Waals surface area contributed by atoms with E-state index >= 15 is 0 Å². The molecular weight excluding hydrogens is 342 g/mol. The molecule has 1 aliphatic rings. The number of unbranched alkanes of at least 4 members (excludes halogenated alkanes) is 1. The lowest BCUT2D eigenvalue weighted by molar-refractivity contribution is -0.122.